The highest BCUT2D eigenvalue weighted by Gasteiger charge is 2.20. The average Bonchev–Trinajstić information content (AvgIpc) is 3.04. The van der Waals surface area contributed by atoms with Gasteiger partial charge in [0.2, 0.25) is 5.78 Å². The summed E-state index contributed by atoms with van der Waals surface area (Å²) < 4.78 is 13.8. The van der Waals surface area contributed by atoms with Crippen LogP contribution in [-0.4, -0.2) is 40.1 Å². The van der Waals surface area contributed by atoms with Gasteiger partial charge in [-0.2, -0.15) is 0 Å². The molecule has 2 aromatic rings. The van der Waals surface area contributed by atoms with E-state index in [1.807, 2.05) is 25.5 Å². The first kappa shape index (κ1) is 20.5. The van der Waals surface area contributed by atoms with Crippen molar-refractivity contribution in [1.82, 2.24) is 9.13 Å². The first-order chi connectivity index (χ1) is 12.7. The van der Waals surface area contributed by atoms with Gasteiger partial charge >= 0.3 is 11.9 Å². The van der Waals surface area contributed by atoms with Crippen LogP contribution in [-0.2, 0) is 27.9 Å². The van der Waals surface area contributed by atoms with Gasteiger partial charge in [-0.25, -0.2) is 4.79 Å². The smallest absolute Gasteiger partial charge is 0.339 e. The van der Waals surface area contributed by atoms with Gasteiger partial charge in [0.05, 0.1) is 12.2 Å². The summed E-state index contributed by atoms with van der Waals surface area (Å²) in [7, 11) is 1.88. The minimum atomic E-state index is -0.536. The first-order valence-electron chi connectivity index (χ1n) is 8.82. The van der Waals surface area contributed by atoms with E-state index >= 15 is 0 Å². The Labute approximate surface area is 158 Å². The molecule has 7 nitrogen and oxygen atoms in total. The van der Waals surface area contributed by atoms with Crippen molar-refractivity contribution in [1.29, 1.82) is 0 Å². The van der Waals surface area contributed by atoms with E-state index in [1.165, 1.54) is 0 Å². The van der Waals surface area contributed by atoms with Crippen LogP contribution in [0.3, 0.4) is 0 Å². The maximum Gasteiger partial charge on any atom is 0.339 e. The van der Waals surface area contributed by atoms with Gasteiger partial charge in [-0.1, -0.05) is 0 Å². The SMILES string of the molecule is CCOC(=O)c1cc(C)n(CC(=O)OCC(=O)c2cc(C)n(C)c2C)c1C. The van der Waals surface area contributed by atoms with Crippen LogP contribution in [0.25, 0.3) is 0 Å². The summed E-state index contributed by atoms with van der Waals surface area (Å²) >= 11 is 0. The summed E-state index contributed by atoms with van der Waals surface area (Å²) in [5.41, 5.74) is 4.16. The Bertz CT molecular complexity index is 889. The van der Waals surface area contributed by atoms with Crippen LogP contribution in [0.2, 0.25) is 0 Å². The third-order valence-electron chi connectivity index (χ3n) is 4.80. The highest BCUT2D eigenvalue weighted by atomic mass is 16.5. The average molecular weight is 374 g/mol. The largest absolute Gasteiger partial charge is 0.462 e. The first-order valence-corrected chi connectivity index (χ1v) is 8.82. The van der Waals surface area contributed by atoms with Crippen molar-refractivity contribution < 1.29 is 23.9 Å². The number of Topliss-reactive ketones (excluding diaryl/α,β-unsaturated/α-hetero) is 1. The Morgan fingerprint density at radius 1 is 0.926 bits per heavy atom. The number of ketones is 1. The summed E-state index contributed by atoms with van der Waals surface area (Å²) in [5, 5.41) is 0. The molecule has 0 N–H and O–H groups in total. The van der Waals surface area contributed by atoms with E-state index in [0.29, 0.717) is 16.8 Å². The molecular weight excluding hydrogens is 348 g/mol. The number of nitrogens with zero attached hydrogens (tertiary/aromatic N) is 2. The second-order valence-corrected chi connectivity index (χ2v) is 6.52. The van der Waals surface area contributed by atoms with E-state index in [-0.39, 0.29) is 25.5 Å². The predicted octanol–water partition coefficient (Wildman–Crippen LogP) is 2.66. The molecule has 2 aromatic heterocycles. The fraction of sp³-hybridized carbons (Fsp3) is 0.450. The number of carbonyl (C=O) groups excluding carboxylic acids is 3. The monoisotopic (exact) mass is 374 g/mol. The molecule has 2 rings (SSSR count). The fourth-order valence-electron chi connectivity index (χ4n) is 3.00. The molecule has 0 radical (unpaired) electrons. The Kier molecular flexibility index (Phi) is 6.25. The third-order valence-corrected chi connectivity index (χ3v) is 4.80. The zero-order chi connectivity index (χ0) is 20.3. The molecule has 0 atom stereocenters. The maximum atomic E-state index is 12.3. The Morgan fingerprint density at radius 3 is 2.11 bits per heavy atom. The molecule has 0 aromatic carbocycles. The van der Waals surface area contributed by atoms with Gasteiger partial charge in [0.25, 0.3) is 0 Å². The number of aromatic nitrogens is 2. The van der Waals surface area contributed by atoms with Gasteiger partial charge in [0, 0.05) is 35.4 Å². The summed E-state index contributed by atoms with van der Waals surface area (Å²) in [6.07, 6.45) is 0. The van der Waals surface area contributed by atoms with Crippen molar-refractivity contribution >= 4 is 17.7 Å². The van der Waals surface area contributed by atoms with E-state index in [4.69, 9.17) is 9.47 Å². The molecule has 7 heteroatoms. The van der Waals surface area contributed by atoms with Crippen molar-refractivity contribution in [2.75, 3.05) is 13.2 Å². The van der Waals surface area contributed by atoms with Gasteiger partial charge in [-0.05, 0) is 46.8 Å². The van der Waals surface area contributed by atoms with Crippen molar-refractivity contribution in [2.24, 2.45) is 7.05 Å². The molecular formula is C20H26N2O5. The van der Waals surface area contributed by atoms with Gasteiger partial charge in [-0.15, -0.1) is 0 Å². The molecule has 0 unspecified atom stereocenters. The predicted molar refractivity (Wildman–Crippen MR) is 100 cm³/mol. The van der Waals surface area contributed by atoms with Crippen LogP contribution in [0.15, 0.2) is 12.1 Å². The van der Waals surface area contributed by atoms with Crippen LogP contribution in [0.5, 0.6) is 0 Å². The lowest BCUT2D eigenvalue weighted by Gasteiger charge is -2.10. The second kappa shape index (κ2) is 8.24. The van der Waals surface area contributed by atoms with Crippen molar-refractivity contribution in [3.63, 3.8) is 0 Å². The number of ether oxygens (including phenoxy) is 2. The van der Waals surface area contributed by atoms with Gasteiger partial charge in [0.15, 0.2) is 6.61 Å². The summed E-state index contributed by atoms with van der Waals surface area (Å²) in [6.45, 7) is 8.94. The maximum absolute atomic E-state index is 12.3. The molecule has 0 amide bonds. The quantitative estimate of drug-likeness (QED) is 0.550. The van der Waals surface area contributed by atoms with Gasteiger partial charge < -0.3 is 18.6 Å². The molecule has 0 spiro atoms. The third kappa shape index (κ3) is 4.30. The Balaban J connectivity index is 2.03. The van der Waals surface area contributed by atoms with Crippen molar-refractivity contribution in [3.05, 3.63) is 46.0 Å². The van der Waals surface area contributed by atoms with Crippen molar-refractivity contribution in [2.45, 2.75) is 41.2 Å². The van der Waals surface area contributed by atoms with Crippen LogP contribution in [0.4, 0.5) is 0 Å². The zero-order valence-corrected chi connectivity index (χ0v) is 16.7. The van der Waals surface area contributed by atoms with Crippen LogP contribution < -0.4 is 0 Å². The van der Waals surface area contributed by atoms with Crippen LogP contribution >= 0.6 is 0 Å². The lowest BCUT2D eigenvalue weighted by molar-refractivity contribution is -0.143. The highest BCUT2D eigenvalue weighted by molar-refractivity contribution is 5.99. The molecule has 0 fully saturated rings. The second-order valence-electron chi connectivity index (χ2n) is 6.52. The standard InChI is InChI=1S/C20H26N2O5/c1-7-26-20(25)17-9-13(3)22(15(17)5)10-19(24)27-11-18(23)16-8-12(2)21(6)14(16)4/h8-9H,7,10-11H2,1-6H3. The van der Waals surface area contributed by atoms with Crippen LogP contribution in [0.1, 0.15) is 50.4 Å². The van der Waals surface area contributed by atoms with Gasteiger partial charge in [-0.3, -0.25) is 9.59 Å². The molecule has 0 saturated carbocycles. The molecule has 146 valence electrons. The van der Waals surface area contributed by atoms with E-state index in [1.54, 1.807) is 37.5 Å². The number of rotatable bonds is 7. The molecule has 0 aliphatic heterocycles. The molecule has 27 heavy (non-hydrogen) atoms. The summed E-state index contributed by atoms with van der Waals surface area (Å²) in [4.78, 5) is 36.5. The van der Waals surface area contributed by atoms with Gasteiger partial charge in [0.1, 0.15) is 6.54 Å². The van der Waals surface area contributed by atoms with E-state index < -0.39 is 11.9 Å². The molecule has 2 heterocycles. The van der Waals surface area contributed by atoms with Crippen molar-refractivity contribution in [3.8, 4) is 0 Å². The molecule has 0 aliphatic rings. The number of hydrogen-bond acceptors (Lipinski definition) is 5. The lowest BCUT2D eigenvalue weighted by atomic mass is 10.1. The number of esters is 2. The van der Waals surface area contributed by atoms with E-state index in [2.05, 4.69) is 0 Å². The number of hydrogen-bond donors (Lipinski definition) is 0. The summed E-state index contributed by atoms with van der Waals surface area (Å²) in [5.74, 6) is -1.20. The fourth-order valence-corrected chi connectivity index (χ4v) is 3.00. The highest BCUT2D eigenvalue weighted by Crippen LogP contribution is 2.17. The summed E-state index contributed by atoms with van der Waals surface area (Å²) in [6, 6.07) is 3.47. The normalized spacial score (nSPS) is 10.7. The van der Waals surface area contributed by atoms with Crippen LogP contribution in [0, 0.1) is 27.7 Å². The molecule has 0 saturated heterocycles. The number of aryl methyl sites for hydroxylation is 2. The Morgan fingerprint density at radius 2 is 1.56 bits per heavy atom. The zero-order valence-electron chi connectivity index (χ0n) is 16.7. The van der Waals surface area contributed by atoms with E-state index in [9.17, 15) is 14.4 Å². The Hall–Kier alpha value is -2.83. The topological polar surface area (TPSA) is 79.5 Å². The number of carbonyl (C=O) groups is 3. The minimum Gasteiger partial charge on any atom is -0.462 e. The lowest BCUT2D eigenvalue weighted by Crippen LogP contribution is -2.20. The molecule has 0 aliphatic carbocycles. The molecule has 0 bridgehead atoms. The van der Waals surface area contributed by atoms with E-state index in [0.717, 1.165) is 17.1 Å². The minimum absolute atomic E-state index is 0.0723.